The summed E-state index contributed by atoms with van der Waals surface area (Å²) in [6, 6.07) is 2.15. The van der Waals surface area contributed by atoms with Crippen molar-refractivity contribution in [3.63, 3.8) is 0 Å². The summed E-state index contributed by atoms with van der Waals surface area (Å²) >= 11 is 0. The standard InChI is InChI=1S/C20H25N7O/c1-5-16-12(2)23-18-15(19(28)21-3)10-13-11-22-20(25-17(13)27(16)18)24-14-6-8-26(4)9-7-14/h5,10-11,14H,1,6-9H2,2-4H3,(H,21,28)(H,22,24,25). The normalized spacial score (nSPS) is 15.8. The molecular weight excluding hydrogens is 354 g/mol. The van der Waals surface area contributed by atoms with Crippen LogP contribution in [0, 0.1) is 6.92 Å². The van der Waals surface area contributed by atoms with Crippen LogP contribution in [0.15, 0.2) is 18.8 Å². The van der Waals surface area contributed by atoms with E-state index in [4.69, 9.17) is 4.98 Å². The third-order valence-corrected chi connectivity index (χ3v) is 5.36. The Balaban J connectivity index is 1.84. The fourth-order valence-corrected chi connectivity index (χ4v) is 3.77. The van der Waals surface area contributed by atoms with Crippen LogP contribution in [0.5, 0.6) is 0 Å². The van der Waals surface area contributed by atoms with Crippen LogP contribution in [-0.2, 0) is 0 Å². The Morgan fingerprint density at radius 2 is 2.04 bits per heavy atom. The summed E-state index contributed by atoms with van der Waals surface area (Å²) in [5, 5.41) is 6.92. The molecule has 1 aliphatic heterocycles. The third kappa shape index (κ3) is 3.09. The molecule has 0 aliphatic carbocycles. The molecule has 146 valence electrons. The van der Waals surface area contributed by atoms with E-state index in [0.717, 1.165) is 42.7 Å². The van der Waals surface area contributed by atoms with Gasteiger partial charge in [-0.1, -0.05) is 6.58 Å². The number of carbonyl (C=O) groups is 1. The van der Waals surface area contributed by atoms with Crippen LogP contribution in [-0.4, -0.2) is 63.4 Å². The van der Waals surface area contributed by atoms with E-state index in [1.807, 2.05) is 11.3 Å². The van der Waals surface area contributed by atoms with Crippen molar-refractivity contribution < 1.29 is 4.79 Å². The van der Waals surface area contributed by atoms with Gasteiger partial charge in [0.2, 0.25) is 5.95 Å². The minimum absolute atomic E-state index is 0.193. The number of aryl methyl sites for hydroxylation is 1. The van der Waals surface area contributed by atoms with E-state index in [9.17, 15) is 4.79 Å². The average Bonchev–Trinajstić information content (AvgIpc) is 3.04. The second kappa shape index (κ2) is 7.20. The monoisotopic (exact) mass is 379 g/mol. The summed E-state index contributed by atoms with van der Waals surface area (Å²) in [4.78, 5) is 28.6. The molecule has 0 aromatic carbocycles. The number of hydrogen-bond acceptors (Lipinski definition) is 6. The van der Waals surface area contributed by atoms with Crippen molar-refractivity contribution in [2.45, 2.75) is 25.8 Å². The van der Waals surface area contributed by atoms with Crippen LogP contribution in [0.1, 0.15) is 34.6 Å². The lowest BCUT2D eigenvalue weighted by atomic mass is 10.1. The molecule has 4 rings (SSSR count). The van der Waals surface area contributed by atoms with Crippen molar-refractivity contribution in [2.24, 2.45) is 0 Å². The maximum atomic E-state index is 12.4. The molecule has 1 amide bonds. The summed E-state index contributed by atoms with van der Waals surface area (Å²) < 4.78 is 1.89. The molecule has 8 nitrogen and oxygen atoms in total. The Kier molecular flexibility index (Phi) is 4.72. The van der Waals surface area contributed by atoms with Crippen molar-refractivity contribution in [1.29, 1.82) is 0 Å². The largest absolute Gasteiger partial charge is 0.355 e. The number of anilines is 1. The first-order valence-electron chi connectivity index (χ1n) is 9.50. The molecule has 0 spiro atoms. The van der Waals surface area contributed by atoms with Gasteiger partial charge in [-0.2, -0.15) is 4.98 Å². The van der Waals surface area contributed by atoms with Gasteiger partial charge in [-0.15, -0.1) is 0 Å². The predicted octanol–water partition coefficient (Wildman–Crippen LogP) is 2.09. The highest BCUT2D eigenvalue weighted by Crippen LogP contribution is 2.25. The summed E-state index contributed by atoms with van der Waals surface area (Å²) in [6.45, 7) is 7.94. The number of aromatic nitrogens is 4. The fourth-order valence-electron chi connectivity index (χ4n) is 3.77. The highest BCUT2D eigenvalue weighted by molar-refractivity contribution is 6.03. The minimum Gasteiger partial charge on any atom is -0.355 e. The SMILES string of the molecule is C=Cc1c(C)nc2c(C(=O)NC)cc3cnc(NC4CCN(C)CC4)nc3n12. The van der Waals surface area contributed by atoms with Gasteiger partial charge in [-0.3, -0.25) is 9.20 Å². The van der Waals surface area contributed by atoms with Crippen LogP contribution in [0.2, 0.25) is 0 Å². The van der Waals surface area contributed by atoms with E-state index >= 15 is 0 Å². The van der Waals surface area contributed by atoms with Gasteiger partial charge in [0.05, 0.1) is 17.0 Å². The van der Waals surface area contributed by atoms with Gasteiger partial charge < -0.3 is 15.5 Å². The summed E-state index contributed by atoms with van der Waals surface area (Å²) in [5.74, 6) is 0.401. The lowest BCUT2D eigenvalue weighted by molar-refractivity contribution is 0.0964. The molecule has 3 aromatic heterocycles. The molecule has 2 N–H and O–H groups in total. The lowest BCUT2D eigenvalue weighted by Gasteiger charge is -2.29. The third-order valence-electron chi connectivity index (χ3n) is 5.36. The number of imidazole rings is 1. The Bertz CT molecular complexity index is 1060. The Morgan fingerprint density at radius 3 is 2.71 bits per heavy atom. The first kappa shape index (κ1) is 18.4. The zero-order chi connectivity index (χ0) is 19.8. The first-order valence-corrected chi connectivity index (χ1v) is 9.50. The topological polar surface area (TPSA) is 87.4 Å². The van der Waals surface area contributed by atoms with Gasteiger partial charge in [0.1, 0.15) is 0 Å². The smallest absolute Gasteiger partial charge is 0.254 e. The van der Waals surface area contributed by atoms with E-state index in [1.165, 1.54) is 0 Å². The Morgan fingerprint density at radius 1 is 1.29 bits per heavy atom. The number of likely N-dealkylation sites (tertiary alicyclic amines) is 1. The molecule has 1 saturated heterocycles. The van der Waals surface area contributed by atoms with E-state index in [0.29, 0.717) is 28.8 Å². The maximum absolute atomic E-state index is 12.4. The van der Waals surface area contributed by atoms with Gasteiger partial charge in [0.25, 0.3) is 5.91 Å². The summed E-state index contributed by atoms with van der Waals surface area (Å²) in [6.07, 6.45) is 5.62. The first-order chi connectivity index (χ1) is 13.5. The molecule has 0 atom stereocenters. The van der Waals surface area contributed by atoms with Gasteiger partial charge >= 0.3 is 0 Å². The zero-order valence-electron chi connectivity index (χ0n) is 16.5. The van der Waals surface area contributed by atoms with Crippen LogP contribution < -0.4 is 10.6 Å². The number of piperidine rings is 1. The molecule has 1 aliphatic rings. The molecule has 28 heavy (non-hydrogen) atoms. The summed E-state index contributed by atoms with van der Waals surface area (Å²) in [7, 11) is 3.75. The molecule has 0 saturated carbocycles. The highest BCUT2D eigenvalue weighted by atomic mass is 16.1. The van der Waals surface area contributed by atoms with Gasteiger partial charge in [0, 0.05) is 24.7 Å². The number of amides is 1. The lowest BCUT2D eigenvalue weighted by Crippen LogP contribution is -2.37. The van der Waals surface area contributed by atoms with Crippen molar-refractivity contribution in [3.05, 3.63) is 35.8 Å². The average molecular weight is 379 g/mol. The Labute approximate surface area is 163 Å². The van der Waals surface area contributed by atoms with Crippen molar-refractivity contribution in [2.75, 3.05) is 32.5 Å². The predicted molar refractivity (Wildman–Crippen MR) is 111 cm³/mol. The molecule has 4 heterocycles. The van der Waals surface area contributed by atoms with Crippen molar-refractivity contribution in [3.8, 4) is 0 Å². The fraction of sp³-hybridized carbons (Fsp3) is 0.400. The molecule has 0 bridgehead atoms. The molecule has 8 heteroatoms. The summed E-state index contributed by atoms with van der Waals surface area (Å²) in [5.41, 5.74) is 3.41. The maximum Gasteiger partial charge on any atom is 0.254 e. The van der Waals surface area contributed by atoms with E-state index in [2.05, 4.69) is 39.1 Å². The number of hydrogen-bond donors (Lipinski definition) is 2. The van der Waals surface area contributed by atoms with Gasteiger partial charge in [-0.25, -0.2) is 9.97 Å². The van der Waals surface area contributed by atoms with E-state index in [-0.39, 0.29) is 5.91 Å². The van der Waals surface area contributed by atoms with Crippen LogP contribution in [0.25, 0.3) is 22.8 Å². The number of nitrogens with one attached hydrogen (secondary N) is 2. The van der Waals surface area contributed by atoms with E-state index < -0.39 is 0 Å². The quantitative estimate of drug-likeness (QED) is 0.722. The molecule has 0 unspecified atom stereocenters. The van der Waals surface area contributed by atoms with Crippen molar-refractivity contribution >= 4 is 34.6 Å². The molecule has 1 fully saturated rings. The van der Waals surface area contributed by atoms with Crippen LogP contribution in [0.4, 0.5) is 5.95 Å². The van der Waals surface area contributed by atoms with Crippen LogP contribution in [0.3, 0.4) is 0 Å². The zero-order valence-corrected chi connectivity index (χ0v) is 16.5. The Hall–Kier alpha value is -3.00. The number of fused-ring (bicyclic) bond motifs is 3. The van der Waals surface area contributed by atoms with E-state index in [1.54, 1.807) is 25.4 Å². The number of nitrogens with zero attached hydrogens (tertiary/aromatic N) is 5. The molecule has 0 radical (unpaired) electrons. The van der Waals surface area contributed by atoms with Gasteiger partial charge in [-0.05, 0) is 52.0 Å². The number of rotatable bonds is 4. The molecular formula is C20H25N7O. The second-order valence-electron chi connectivity index (χ2n) is 7.28. The van der Waals surface area contributed by atoms with Gasteiger partial charge in [0.15, 0.2) is 11.3 Å². The number of pyridine rings is 1. The molecule has 3 aromatic rings. The van der Waals surface area contributed by atoms with Crippen LogP contribution >= 0.6 is 0 Å². The second-order valence-corrected chi connectivity index (χ2v) is 7.28. The van der Waals surface area contributed by atoms with Crippen molar-refractivity contribution in [1.82, 2.24) is 29.6 Å². The number of carbonyl (C=O) groups excluding carboxylic acids is 1. The minimum atomic E-state index is -0.193. The highest BCUT2D eigenvalue weighted by Gasteiger charge is 2.20.